The van der Waals surface area contributed by atoms with Gasteiger partial charge in [-0.25, -0.2) is 12.8 Å². The van der Waals surface area contributed by atoms with Crippen LogP contribution in [-0.2, 0) is 21.2 Å². The predicted molar refractivity (Wildman–Crippen MR) is 101 cm³/mol. The maximum atomic E-state index is 13.8. The number of benzene rings is 2. The van der Waals surface area contributed by atoms with Gasteiger partial charge in [0.15, 0.2) is 9.84 Å². The van der Waals surface area contributed by atoms with Crippen LogP contribution in [0.4, 0.5) is 10.1 Å². The summed E-state index contributed by atoms with van der Waals surface area (Å²) >= 11 is 12.0. The van der Waals surface area contributed by atoms with Crippen LogP contribution < -0.4 is 5.32 Å². The van der Waals surface area contributed by atoms with E-state index >= 15 is 0 Å². The Kier molecular flexibility index (Phi) is 6.63. The maximum absolute atomic E-state index is 13.8. The summed E-state index contributed by atoms with van der Waals surface area (Å²) in [6, 6.07) is 8.43. The predicted octanol–water partition coefficient (Wildman–Crippen LogP) is 3.61. The molecule has 1 N–H and O–H groups in total. The van der Waals surface area contributed by atoms with Crippen molar-refractivity contribution in [3.8, 4) is 0 Å². The van der Waals surface area contributed by atoms with Crippen LogP contribution in [0.15, 0.2) is 41.3 Å². The standard InChI is InChI=1S/C17H17Cl2FN2O3S/c1-22(9-12-13(18)4-3-5-15(12)20)10-17(23)21-16-8-11(26(2,24)25)6-7-14(16)19/h3-8H,9-10H2,1-2H3,(H,21,23). The fourth-order valence-corrected chi connectivity index (χ4v) is 3.31. The average molecular weight is 419 g/mol. The molecule has 0 bridgehead atoms. The highest BCUT2D eigenvalue weighted by Gasteiger charge is 2.15. The van der Waals surface area contributed by atoms with Crippen LogP contribution >= 0.6 is 23.2 Å². The average Bonchev–Trinajstić information content (AvgIpc) is 2.52. The third-order valence-electron chi connectivity index (χ3n) is 3.54. The van der Waals surface area contributed by atoms with Gasteiger partial charge in [-0.15, -0.1) is 0 Å². The quantitative estimate of drug-likeness (QED) is 0.777. The van der Waals surface area contributed by atoms with Gasteiger partial charge in [-0.2, -0.15) is 0 Å². The molecule has 5 nitrogen and oxygen atoms in total. The van der Waals surface area contributed by atoms with E-state index in [9.17, 15) is 17.6 Å². The van der Waals surface area contributed by atoms with Gasteiger partial charge in [0.25, 0.3) is 0 Å². The highest BCUT2D eigenvalue weighted by molar-refractivity contribution is 7.90. The molecule has 1 amide bonds. The van der Waals surface area contributed by atoms with E-state index in [0.717, 1.165) is 6.26 Å². The van der Waals surface area contributed by atoms with Gasteiger partial charge in [-0.1, -0.05) is 29.3 Å². The Bertz CT molecular complexity index is 915. The molecule has 0 fully saturated rings. The molecule has 0 aliphatic rings. The first-order valence-corrected chi connectivity index (χ1v) is 10.1. The Hall–Kier alpha value is -1.67. The van der Waals surface area contributed by atoms with E-state index in [-0.39, 0.29) is 33.7 Å². The highest BCUT2D eigenvalue weighted by atomic mass is 35.5. The number of nitrogens with zero attached hydrogens (tertiary/aromatic N) is 1. The van der Waals surface area contributed by atoms with Crippen molar-refractivity contribution in [2.45, 2.75) is 11.4 Å². The van der Waals surface area contributed by atoms with Crippen LogP contribution in [-0.4, -0.2) is 39.1 Å². The Morgan fingerprint density at radius 2 is 1.88 bits per heavy atom. The molecule has 9 heteroatoms. The van der Waals surface area contributed by atoms with Crippen molar-refractivity contribution in [1.82, 2.24) is 4.90 Å². The van der Waals surface area contributed by atoms with E-state index in [4.69, 9.17) is 23.2 Å². The van der Waals surface area contributed by atoms with Crippen molar-refractivity contribution in [3.63, 3.8) is 0 Å². The minimum atomic E-state index is -3.43. The maximum Gasteiger partial charge on any atom is 0.238 e. The van der Waals surface area contributed by atoms with E-state index in [0.29, 0.717) is 5.56 Å². The number of amides is 1. The lowest BCUT2D eigenvalue weighted by atomic mass is 10.2. The molecule has 0 atom stereocenters. The molecule has 0 spiro atoms. The van der Waals surface area contributed by atoms with Gasteiger partial charge in [-0.05, 0) is 37.4 Å². The molecule has 0 aliphatic heterocycles. The van der Waals surface area contributed by atoms with Crippen molar-refractivity contribution in [2.75, 3.05) is 25.2 Å². The SMILES string of the molecule is CN(CC(=O)Nc1cc(S(C)(=O)=O)ccc1Cl)Cc1c(F)cccc1Cl. The van der Waals surface area contributed by atoms with E-state index in [1.165, 1.54) is 30.3 Å². The summed E-state index contributed by atoms with van der Waals surface area (Å²) < 4.78 is 37.0. The zero-order valence-electron chi connectivity index (χ0n) is 14.1. The zero-order chi connectivity index (χ0) is 19.5. The minimum Gasteiger partial charge on any atom is -0.324 e. The first-order chi connectivity index (χ1) is 12.1. The van der Waals surface area contributed by atoms with Crippen LogP contribution in [0, 0.1) is 5.82 Å². The van der Waals surface area contributed by atoms with Crippen molar-refractivity contribution >= 4 is 44.6 Å². The van der Waals surface area contributed by atoms with E-state index in [1.54, 1.807) is 18.0 Å². The number of hydrogen-bond acceptors (Lipinski definition) is 4. The summed E-state index contributed by atoms with van der Waals surface area (Å²) in [7, 11) is -1.79. The molecule has 0 radical (unpaired) electrons. The number of carbonyl (C=O) groups is 1. The summed E-state index contributed by atoms with van der Waals surface area (Å²) in [5, 5.41) is 3.06. The molecule has 0 unspecified atom stereocenters. The van der Waals surface area contributed by atoms with Gasteiger partial charge in [0.2, 0.25) is 5.91 Å². The summed E-state index contributed by atoms with van der Waals surface area (Å²) in [6.45, 7) is 0.0696. The summed E-state index contributed by atoms with van der Waals surface area (Å²) in [5.41, 5.74) is 0.485. The molecule has 0 heterocycles. The van der Waals surface area contributed by atoms with Gasteiger partial charge in [0, 0.05) is 23.4 Å². The number of carbonyl (C=O) groups excluding carboxylic acids is 1. The lowest BCUT2D eigenvalue weighted by Crippen LogP contribution is -2.30. The fourth-order valence-electron chi connectivity index (χ4n) is 2.27. The second kappa shape index (κ2) is 8.35. The number of rotatable bonds is 6. The molecule has 2 aromatic rings. The molecular weight excluding hydrogens is 402 g/mol. The number of anilines is 1. The van der Waals surface area contributed by atoms with Crippen LogP contribution in [0.3, 0.4) is 0 Å². The van der Waals surface area contributed by atoms with Crippen LogP contribution in [0.5, 0.6) is 0 Å². The third-order valence-corrected chi connectivity index (χ3v) is 5.34. The minimum absolute atomic E-state index is 0.0451. The fraction of sp³-hybridized carbons (Fsp3) is 0.235. The topological polar surface area (TPSA) is 66.5 Å². The van der Waals surface area contributed by atoms with E-state index in [1.807, 2.05) is 0 Å². The largest absolute Gasteiger partial charge is 0.324 e. The first-order valence-electron chi connectivity index (χ1n) is 7.49. The lowest BCUT2D eigenvalue weighted by Gasteiger charge is -2.18. The second-order valence-electron chi connectivity index (χ2n) is 5.83. The van der Waals surface area contributed by atoms with E-state index in [2.05, 4.69) is 5.32 Å². The lowest BCUT2D eigenvalue weighted by molar-refractivity contribution is -0.117. The van der Waals surface area contributed by atoms with Gasteiger partial charge < -0.3 is 5.32 Å². The molecule has 0 aromatic heterocycles. The number of likely N-dealkylation sites (N-methyl/N-ethyl adjacent to an activating group) is 1. The normalized spacial score (nSPS) is 11.6. The summed E-state index contributed by atoms with van der Waals surface area (Å²) in [5.74, 6) is -0.874. The Labute approximate surface area is 161 Å². The molecule has 140 valence electrons. The third kappa shape index (κ3) is 5.41. The Balaban J connectivity index is 2.07. The van der Waals surface area contributed by atoms with Gasteiger partial charge in [-0.3, -0.25) is 9.69 Å². The van der Waals surface area contributed by atoms with Gasteiger partial charge in [0.05, 0.1) is 22.2 Å². The monoisotopic (exact) mass is 418 g/mol. The molecule has 2 rings (SSSR count). The van der Waals surface area contributed by atoms with Crippen molar-refractivity contribution in [1.29, 1.82) is 0 Å². The molecule has 2 aromatic carbocycles. The summed E-state index contributed by atoms with van der Waals surface area (Å²) in [6.07, 6.45) is 1.06. The molecule has 26 heavy (non-hydrogen) atoms. The van der Waals surface area contributed by atoms with Crippen molar-refractivity contribution in [3.05, 3.63) is 57.8 Å². The van der Waals surface area contributed by atoms with Crippen molar-refractivity contribution in [2.24, 2.45) is 0 Å². The van der Waals surface area contributed by atoms with Gasteiger partial charge in [0.1, 0.15) is 5.82 Å². The summed E-state index contributed by atoms with van der Waals surface area (Å²) in [4.78, 5) is 13.8. The Morgan fingerprint density at radius 1 is 1.19 bits per heavy atom. The second-order valence-corrected chi connectivity index (χ2v) is 8.66. The number of halogens is 3. The molecule has 0 saturated carbocycles. The number of sulfone groups is 1. The van der Waals surface area contributed by atoms with E-state index < -0.39 is 21.6 Å². The van der Waals surface area contributed by atoms with Crippen LogP contribution in [0.1, 0.15) is 5.56 Å². The van der Waals surface area contributed by atoms with Crippen LogP contribution in [0.2, 0.25) is 10.0 Å². The van der Waals surface area contributed by atoms with Gasteiger partial charge >= 0.3 is 0 Å². The Morgan fingerprint density at radius 3 is 2.50 bits per heavy atom. The molecule has 0 aliphatic carbocycles. The van der Waals surface area contributed by atoms with Crippen LogP contribution in [0.25, 0.3) is 0 Å². The van der Waals surface area contributed by atoms with Crippen molar-refractivity contribution < 1.29 is 17.6 Å². The highest BCUT2D eigenvalue weighted by Crippen LogP contribution is 2.25. The molecular formula is C17H17Cl2FN2O3S. The zero-order valence-corrected chi connectivity index (χ0v) is 16.4. The number of nitrogens with one attached hydrogen (secondary N) is 1. The first kappa shape index (κ1) is 20.6. The number of hydrogen-bond donors (Lipinski definition) is 1. The molecule has 0 saturated heterocycles. The smallest absolute Gasteiger partial charge is 0.238 e.